The van der Waals surface area contributed by atoms with E-state index in [1.807, 2.05) is 0 Å². The highest BCUT2D eigenvalue weighted by molar-refractivity contribution is 7.80. The van der Waals surface area contributed by atoms with Gasteiger partial charge in [0.15, 0.2) is 0 Å². The molecule has 0 aliphatic heterocycles. The molecular formula is C14H18F3N3S. The lowest BCUT2D eigenvalue weighted by Crippen LogP contribution is -2.28. The molecule has 0 radical (unpaired) electrons. The molecule has 0 amide bonds. The van der Waals surface area contributed by atoms with Gasteiger partial charge < -0.3 is 11.1 Å². The van der Waals surface area contributed by atoms with Gasteiger partial charge >= 0.3 is 6.18 Å². The Labute approximate surface area is 127 Å². The van der Waals surface area contributed by atoms with Gasteiger partial charge in [-0.05, 0) is 30.9 Å². The van der Waals surface area contributed by atoms with Crippen LogP contribution >= 0.6 is 12.2 Å². The van der Waals surface area contributed by atoms with Gasteiger partial charge in [0.1, 0.15) is 16.5 Å². The van der Waals surface area contributed by atoms with Crippen molar-refractivity contribution in [2.24, 2.45) is 11.7 Å². The average Bonchev–Trinajstić information content (AvgIpc) is 2.37. The van der Waals surface area contributed by atoms with Crippen molar-refractivity contribution in [2.75, 3.05) is 5.32 Å². The molecule has 0 saturated heterocycles. The summed E-state index contributed by atoms with van der Waals surface area (Å²) in [6.45, 7) is 2.14. The Bertz CT molecular complexity index is 531. The summed E-state index contributed by atoms with van der Waals surface area (Å²) in [6, 6.07) is 2.30. The standard InChI is InChI=1S/C14H18F3N3S/c1-8-3-2-4-9(7-8)19-13-10(12(18)21)5-6-11(20-13)14(15,16)17/h5-6,8-9H,2-4,7H2,1H3,(H2,18,21)(H,19,20). The number of anilines is 1. The second-order valence-corrected chi connectivity index (χ2v) is 6.01. The zero-order valence-corrected chi connectivity index (χ0v) is 12.5. The van der Waals surface area contributed by atoms with Crippen LogP contribution in [0.15, 0.2) is 12.1 Å². The summed E-state index contributed by atoms with van der Waals surface area (Å²) < 4.78 is 38.4. The first-order valence-electron chi connectivity index (χ1n) is 6.92. The maximum atomic E-state index is 12.8. The normalized spacial score (nSPS) is 22.9. The van der Waals surface area contributed by atoms with Gasteiger partial charge in [-0.15, -0.1) is 0 Å². The molecule has 2 unspecified atom stereocenters. The third-order valence-electron chi connectivity index (χ3n) is 3.73. The molecule has 3 nitrogen and oxygen atoms in total. The first-order valence-corrected chi connectivity index (χ1v) is 7.32. The first-order chi connectivity index (χ1) is 9.77. The Morgan fingerprint density at radius 2 is 2.10 bits per heavy atom. The zero-order chi connectivity index (χ0) is 15.6. The van der Waals surface area contributed by atoms with Gasteiger partial charge in [-0.3, -0.25) is 0 Å². The van der Waals surface area contributed by atoms with Crippen LogP contribution in [0.25, 0.3) is 0 Å². The van der Waals surface area contributed by atoms with Gasteiger partial charge in [0.25, 0.3) is 0 Å². The van der Waals surface area contributed by atoms with Crippen molar-refractivity contribution in [1.82, 2.24) is 4.98 Å². The van der Waals surface area contributed by atoms with Gasteiger partial charge in [0.2, 0.25) is 0 Å². The maximum Gasteiger partial charge on any atom is 0.433 e. The summed E-state index contributed by atoms with van der Waals surface area (Å²) in [5.74, 6) is 0.687. The van der Waals surface area contributed by atoms with Crippen LogP contribution in [0.2, 0.25) is 0 Å². The highest BCUT2D eigenvalue weighted by atomic mass is 32.1. The van der Waals surface area contributed by atoms with Crippen LogP contribution in [0, 0.1) is 5.92 Å². The van der Waals surface area contributed by atoms with Gasteiger partial charge in [-0.1, -0.05) is 32.0 Å². The van der Waals surface area contributed by atoms with E-state index in [9.17, 15) is 13.2 Å². The van der Waals surface area contributed by atoms with E-state index in [2.05, 4.69) is 17.2 Å². The first kappa shape index (κ1) is 16.0. The molecule has 116 valence electrons. The van der Waals surface area contributed by atoms with E-state index in [4.69, 9.17) is 18.0 Å². The minimum atomic E-state index is -4.48. The van der Waals surface area contributed by atoms with Gasteiger partial charge in [-0.25, -0.2) is 4.98 Å². The van der Waals surface area contributed by atoms with Crippen LogP contribution in [0.4, 0.5) is 19.0 Å². The van der Waals surface area contributed by atoms with E-state index in [0.29, 0.717) is 11.5 Å². The van der Waals surface area contributed by atoms with E-state index in [0.717, 1.165) is 31.7 Å². The Hall–Kier alpha value is -1.37. The van der Waals surface area contributed by atoms with Crippen molar-refractivity contribution >= 4 is 23.0 Å². The number of nitrogens with zero attached hydrogens (tertiary/aromatic N) is 1. The van der Waals surface area contributed by atoms with E-state index in [1.165, 1.54) is 6.07 Å². The quantitative estimate of drug-likeness (QED) is 0.834. The topological polar surface area (TPSA) is 50.9 Å². The molecule has 1 aliphatic carbocycles. The van der Waals surface area contributed by atoms with E-state index in [-0.39, 0.29) is 16.8 Å². The van der Waals surface area contributed by atoms with Crippen LogP contribution in [-0.2, 0) is 6.18 Å². The molecule has 1 fully saturated rings. The summed E-state index contributed by atoms with van der Waals surface area (Å²) in [7, 11) is 0. The highest BCUT2D eigenvalue weighted by Gasteiger charge is 2.33. The number of nitrogens with one attached hydrogen (secondary N) is 1. The molecular weight excluding hydrogens is 299 g/mol. The van der Waals surface area contributed by atoms with Crippen molar-refractivity contribution in [1.29, 1.82) is 0 Å². The SMILES string of the molecule is CC1CCCC(Nc2nc(C(F)(F)F)ccc2C(N)=S)C1. The van der Waals surface area contributed by atoms with E-state index < -0.39 is 11.9 Å². The smallest absolute Gasteiger partial charge is 0.389 e. The third kappa shape index (κ3) is 4.06. The number of pyridine rings is 1. The highest BCUT2D eigenvalue weighted by Crippen LogP contribution is 2.31. The molecule has 0 spiro atoms. The molecule has 2 atom stereocenters. The molecule has 1 aliphatic rings. The average molecular weight is 317 g/mol. The van der Waals surface area contributed by atoms with Crippen molar-refractivity contribution < 1.29 is 13.2 Å². The van der Waals surface area contributed by atoms with Gasteiger partial charge in [-0.2, -0.15) is 13.2 Å². The zero-order valence-electron chi connectivity index (χ0n) is 11.7. The molecule has 0 aromatic carbocycles. The molecule has 1 aromatic rings. The number of rotatable bonds is 3. The molecule has 2 rings (SSSR count). The molecule has 1 heterocycles. The lowest BCUT2D eigenvalue weighted by Gasteiger charge is -2.28. The molecule has 1 aromatic heterocycles. The molecule has 7 heteroatoms. The maximum absolute atomic E-state index is 12.8. The molecule has 1 saturated carbocycles. The van der Waals surface area contributed by atoms with Gasteiger partial charge in [0, 0.05) is 6.04 Å². The predicted molar refractivity (Wildman–Crippen MR) is 80.2 cm³/mol. The summed E-state index contributed by atoms with van der Waals surface area (Å²) in [5, 5.41) is 3.10. The minimum Gasteiger partial charge on any atom is -0.389 e. The Morgan fingerprint density at radius 1 is 1.38 bits per heavy atom. The number of thiocarbonyl (C=S) groups is 1. The fraction of sp³-hybridized carbons (Fsp3) is 0.571. The molecule has 3 N–H and O–H groups in total. The van der Waals surface area contributed by atoms with Crippen molar-refractivity contribution in [3.8, 4) is 0 Å². The molecule has 0 bridgehead atoms. The van der Waals surface area contributed by atoms with Crippen LogP contribution in [0.5, 0.6) is 0 Å². The lowest BCUT2D eigenvalue weighted by molar-refractivity contribution is -0.141. The van der Waals surface area contributed by atoms with Crippen LogP contribution in [0.3, 0.4) is 0 Å². The lowest BCUT2D eigenvalue weighted by atomic mass is 9.87. The number of hydrogen-bond donors (Lipinski definition) is 2. The van der Waals surface area contributed by atoms with Crippen LogP contribution in [0.1, 0.15) is 43.9 Å². The Kier molecular flexibility index (Phi) is 4.70. The van der Waals surface area contributed by atoms with E-state index >= 15 is 0 Å². The van der Waals surface area contributed by atoms with Crippen LogP contribution < -0.4 is 11.1 Å². The minimum absolute atomic E-state index is 0.0441. The predicted octanol–water partition coefficient (Wildman–Crippen LogP) is 3.73. The monoisotopic (exact) mass is 317 g/mol. The molecule has 21 heavy (non-hydrogen) atoms. The fourth-order valence-electron chi connectivity index (χ4n) is 2.68. The summed E-state index contributed by atoms with van der Waals surface area (Å²) >= 11 is 4.89. The fourth-order valence-corrected chi connectivity index (χ4v) is 2.85. The van der Waals surface area contributed by atoms with E-state index in [1.54, 1.807) is 0 Å². The van der Waals surface area contributed by atoms with Crippen molar-refractivity contribution in [2.45, 2.75) is 44.8 Å². The number of alkyl halides is 3. The third-order valence-corrected chi connectivity index (χ3v) is 3.95. The summed E-state index contributed by atoms with van der Waals surface area (Å²) in [5.41, 5.74) is 5.00. The number of halogens is 3. The second-order valence-electron chi connectivity index (χ2n) is 5.57. The number of nitrogens with two attached hydrogens (primary N) is 1. The second kappa shape index (κ2) is 6.17. The summed E-state index contributed by atoms with van der Waals surface area (Å²) in [6.07, 6.45) is -0.449. The number of aromatic nitrogens is 1. The summed E-state index contributed by atoms with van der Waals surface area (Å²) in [4.78, 5) is 3.72. The number of hydrogen-bond acceptors (Lipinski definition) is 3. The van der Waals surface area contributed by atoms with Gasteiger partial charge in [0.05, 0.1) is 5.56 Å². The van der Waals surface area contributed by atoms with Crippen LogP contribution in [-0.4, -0.2) is 16.0 Å². The Morgan fingerprint density at radius 3 is 2.67 bits per heavy atom. The van der Waals surface area contributed by atoms with Crippen molar-refractivity contribution in [3.05, 3.63) is 23.4 Å². The van der Waals surface area contributed by atoms with Crippen molar-refractivity contribution in [3.63, 3.8) is 0 Å². The largest absolute Gasteiger partial charge is 0.433 e. The Balaban J connectivity index is 2.28.